The number of nitrogens with one attached hydrogen (secondary N) is 1. The Balaban J connectivity index is 1.55. The van der Waals surface area contributed by atoms with Gasteiger partial charge in [0.15, 0.2) is 4.34 Å². The lowest BCUT2D eigenvalue weighted by Crippen LogP contribution is -2.43. The van der Waals surface area contributed by atoms with Crippen molar-refractivity contribution in [1.82, 2.24) is 15.2 Å². The third-order valence-corrected chi connectivity index (χ3v) is 5.99. The lowest BCUT2D eigenvalue weighted by Gasteiger charge is -2.19. The molecule has 1 saturated heterocycles. The fourth-order valence-corrected chi connectivity index (χ4v) is 4.42. The van der Waals surface area contributed by atoms with E-state index in [1.54, 1.807) is 30.3 Å². The summed E-state index contributed by atoms with van der Waals surface area (Å²) in [7, 11) is 0. The van der Waals surface area contributed by atoms with Crippen molar-refractivity contribution in [2.45, 2.75) is 27.6 Å². The number of rotatable bonds is 5. The Kier molecular flexibility index (Phi) is 6.11. The average molecular weight is 433 g/mol. The zero-order valence-corrected chi connectivity index (χ0v) is 16.4. The molecule has 0 unspecified atom stereocenters. The minimum absolute atomic E-state index is 0.0996. The molecule has 0 radical (unpaired) electrons. The number of hydrogen-bond acceptors (Lipinski definition) is 7. The van der Waals surface area contributed by atoms with Gasteiger partial charge in [0.25, 0.3) is 11.8 Å². The van der Waals surface area contributed by atoms with Gasteiger partial charge in [-0.15, -0.1) is 11.3 Å². The summed E-state index contributed by atoms with van der Waals surface area (Å²) in [4.78, 5) is 30.1. The Morgan fingerprint density at radius 2 is 2.07 bits per heavy atom. The van der Waals surface area contributed by atoms with E-state index in [-0.39, 0.29) is 5.69 Å². The molecule has 0 bridgehead atoms. The molecule has 11 heteroatoms. The summed E-state index contributed by atoms with van der Waals surface area (Å²) < 4.78 is 27.4. The van der Waals surface area contributed by atoms with Crippen LogP contribution < -0.4 is 5.32 Å². The van der Waals surface area contributed by atoms with Crippen molar-refractivity contribution in [1.29, 1.82) is 10.5 Å². The normalized spacial score (nSPS) is 17.4. The van der Waals surface area contributed by atoms with Crippen LogP contribution in [0.3, 0.4) is 0 Å². The number of amides is 2. The molecule has 2 aromatic rings. The van der Waals surface area contributed by atoms with Gasteiger partial charge in [-0.3, -0.25) is 9.59 Å². The van der Waals surface area contributed by atoms with E-state index in [1.807, 2.05) is 6.07 Å². The van der Waals surface area contributed by atoms with E-state index in [0.717, 1.165) is 9.80 Å². The summed E-state index contributed by atoms with van der Waals surface area (Å²) >= 11 is 2.55. The maximum absolute atomic E-state index is 13.4. The number of thiazole rings is 1. The maximum atomic E-state index is 13.4. The van der Waals surface area contributed by atoms with Crippen molar-refractivity contribution in [3.8, 4) is 12.1 Å². The smallest absolute Gasteiger partial charge is 0.271 e. The third-order valence-electron chi connectivity index (χ3n) is 4.04. The molecule has 29 heavy (non-hydrogen) atoms. The van der Waals surface area contributed by atoms with Crippen LogP contribution in [0.4, 0.5) is 8.78 Å². The van der Waals surface area contributed by atoms with Crippen LogP contribution in [0, 0.1) is 22.7 Å². The van der Waals surface area contributed by atoms with Crippen LogP contribution >= 0.6 is 23.1 Å². The number of likely N-dealkylation sites (tertiary alicyclic amines) is 1. The summed E-state index contributed by atoms with van der Waals surface area (Å²) in [6.07, 6.45) is -0.703. The van der Waals surface area contributed by atoms with E-state index in [4.69, 9.17) is 10.5 Å². The van der Waals surface area contributed by atoms with Crippen LogP contribution in [0.5, 0.6) is 0 Å². The zero-order valence-electron chi connectivity index (χ0n) is 14.8. The van der Waals surface area contributed by atoms with Crippen molar-refractivity contribution >= 4 is 34.9 Å². The Labute approximate surface area is 172 Å². The monoisotopic (exact) mass is 433 g/mol. The molecule has 1 atom stereocenters. The highest BCUT2D eigenvalue weighted by molar-refractivity contribution is 8.01. The molecule has 1 aromatic carbocycles. The summed E-state index contributed by atoms with van der Waals surface area (Å²) in [6.45, 7) is -1.33. The number of hydrogen-bond donors (Lipinski definition) is 1. The largest absolute Gasteiger partial charge is 0.342 e. The van der Waals surface area contributed by atoms with Crippen LogP contribution in [-0.4, -0.2) is 46.8 Å². The number of benzene rings is 1. The fraction of sp³-hybridized carbons (Fsp3) is 0.278. The van der Waals surface area contributed by atoms with Gasteiger partial charge in [0.1, 0.15) is 11.7 Å². The van der Waals surface area contributed by atoms with Gasteiger partial charge in [0.05, 0.1) is 30.8 Å². The van der Waals surface area contributed by atoms with E-state index < -0.39 is 43.3 Å². The number of carbonyl (C=O) groups excluding carboxylic acids is 2. The quantitative estimate of drug-likeness (QED) is 0.776. The third kappa shape index (κ3) is 5.08. The molecule has 0 spiro atoms. The number of aromatic nitrogens is 1. The average Bonchev–Trinajstić information content (AvgIpc) is 3.30. The molecular formula is C18H13F2N5O2S2. The van der Waals surface area contributed by atoms with Crippen LogP contribution in [0.25, 0.3) is 0 Å². The SMILES string of the molecule is N#Cc1ccc(Sc2nc(C(=O)NCC(=O)N3CC(F)(F)C[C@H]3C#N)cs2)cc1. The molecule has 148 valence electrons. The molecular weight excluding hydrogens is 420 g/mol. The number of halogens is 2. The number of nitriles is 2. The summed E-state index contributed by atoms with van der Waals surface area (Å²) in [6, 6.07) is 9.38. The molecule has 0 saturated carbocycles. The van der Waals surface area contributed by atoms with Gasteiger partial charge in [-0.2, -0.15) is 10.5 Å². The second-order valence-corrected chi connectivity index (χ2v) is 8.32. The first-order valence-electron chi connectivity index (χ1n) is 8.30. The minimum Gasteiger partial charge on any atom is -0.342 e. The van der Waals surface area contributed by atoms with E-state index in [1.165, 1.54) is 28.5 Å². The van der Waals surface area contributed by atoms with E-state index in [9.17, 15) is 18.4 Å². The Morgan fingerprint density at radius 3 is 2.72 bits per heavy atom. The summed E-state index contributed by atoms with van der Waals surface area (Å²) in [5, 5.41) is 21.6. The lowest BCUT2D eigenvalue weighted by atomic mass is 10.2. The van der Waals surface area contributed by atoms with Crippen molar-refractivity contribution in [2.75, 3.05) is 13.1 Å². The van der Waals surface area contributed by atoms with Gasteiger partial charge in [0, 0.05) is 16.7 Å². The van der Waals surface area contributed by atoms with Crippen LogP contribution in [0.1, 0.15) is 22.5 Å². The fourth-order valence-electron chi connectivity index (χ4n) is 2.65. The number of alkyl halides is 2. The maximum Gasteiger partial charge on any atom is 0.271 e. The Hall–Kier alpha value is -3.02. The van der Waals surface area contributed by atoms with Crippen LogP contribution in [0.2, 0.25) is 0 Å². The highest BCUT2D eigenvalue weighted by Gasteiger charge is 2.47. The van der Waals surface area contributed by atoms with Crippen LogP contribution in [0.15, 0.2) is 38.9 Å². The van der Waals surface area contributed by atoms with E-state index >= 15 is 0 Å². The summed E-state index contributed by atoms with van der Waals surface area (Å²) in [5.41, 5.74) is 0.634. The molecule has 2 heterocycles. The lowest BCUT2D eigenvalue weighted by molar-refractivity contribution is -0.131. The topological polar surface area (TPSA) is 110 Å². The molecule has 1 aromatic heterocycles. The van der Waals surface area contributed by atoms with Gasteiger partial charge >= 0.3 is 0 Å². The van der Waals surface area contributed by atoms with Gasteiger partial charge in [-0.25, -0.2) is 13.8 Å². The molecule has 2 amide bonds. The Bertz CT molecular complexity index is 1010. The van der Waals surface area contributed by atoms with E-state index in [2.05, 4.69) is 10.3 Å². The van der Waals surface area contributed by atoms with Gasteiger partial charge in [-0.1, -0.05) is 11.8 Å². The number of nitrogens with zero attached hydrogens (tertiary/aromatic N) is 4. The van der Waals surface area contributed by atoms with Crippen molar-refractivity contribution in [2.24, 2.45) is 0 Å². The molecule has 0 aliphatic carbocycles. The molecule has 1 N–H and O–H groups in total. The Morgan fingerprint density at radius 1 is 1.34 bits per heavy atom. The van der Waals surface area contributed by atoms with E-state index in [0.29, 0.717) is 9.90 Å². The van der Waals surface area contributed by atoms with Crippen molar-refractivity contribution in [3.63, 3.8) is 0 Å². The van der Waals surface area contributed by atoms with Gasteiger partial charge < -0.3 is 10.2 Å². The molecule has 1 aliphatic heterocycles. The van der Waals surface area contributed by atoms with Crippen molar-refractivity contribution < 1.29 is 18.4 Å². The molecule has 3 rings (SSSR count). The van der Waals surface area contributed by atoms with Crippen molar-refractivity contribution in [3.05, 3.63) is 40.9 Å². The van der Waals surface area contributed by atoms with Gasteiger partial charge in [0.2, 0.25) is 5.91 Å². The van der Waals surface area contributed by atoms with Gasteiger partial charge in [-0.05, 0) is 24.3 Å². The van der Waals surface area contributed by atoms with Crippen LogP contribution in [-0.2, 0) is 4.79 Å². The minimum atomic E-state index is -3.10. The standard InChI is InChI=1S/C18H13F2N5O2S2/c19-18(20)5-12(7-22)25(10-18)15(26)8-23-16(27)14-9-28-17(24-14)29-13-3-1-11(6-21)2-4-13/h1-4,9,12H,5,8,10H2,(H,23,27)/t12-/m0/s1. The second kappa shape index (κ2) is 8.55. The predicted molar refractivity (Wildman–Crippen MR) is 100 cm³/mol. The first-order valence-corrected chi connectivity index (χ1v) is 9.99. The second-order valence-electron chi connectivity index (χ2n) is 6.15. The first kappa shape index (κ1) is 20.7. The molecule has 1 aliphatic rings. The molecule has 1 fully saturated rings. The molecule has 7 nitrogen and oxygen atoms in total. The highest BCUT2D eigenvalue weighted by atomic mass is 32.2. The first-order chi connectivity index (χ1) is 13.8. The number of carbonyl (C=O) groups is 2. The predicted octanol–water partition coefficient (Wildman–Crippen LogP) is 2.66. The summed E-state index contributed by atoms with van der Waals surface area (Å²) in [5.74, 6) is -4.46. The zero-order chi connectivity index (χ0) is 21.0. The highest BCUT2D eigenvalue weighted by Crippen LogP contribution is 2.32.